The molecule has 2 atom stereocenters. The quantitative estimate of drug-likeness (QED) is 0.727. The van der Waals surface area contributed by atoms with E-state index < -0.39 is 0 Å². The van der Waals surface area contributed by atoms with Crippen LogP contribution in [-0.2, 0) is 17.1 Å². The summed E-state index contributed by atoms with van der Waals surface area (Å²) in [7, 11) is 0. The van der Waals surface area contributed by atoms with E-state index in [-0.39, 0.29) is 17.1 Å². The van der Waals surface area contributed by atoms with E-state index in [4.69, 9.17) is 0 Å². The first-order valence-corrected chi connectivity index (χ1v) is 8.06. The van der Waals surface area contributed by atoms with Gasteiger partial charge in [-0.2, -0.15) is 0 Å². The Morgan fingerprint density at radius 3 is 2.13 bits per heavy atom. The van der Waals surface area contributed by atoms with Crippen LogP contribution in [0.1, 0.15) is 31.4 Å². The minimum Gasteiger partial charge on any atom is -0.307 e. The first kappa shape index (κ1) is 19.0. The van der Waals surface area contributed by atoms with Crippen molar-refractivity contribution in [2.75, 3.05) is 0 Å². The van der Waals surface area contributed by atoms with Gasteiger partial charge < -0.3 is 5.32 Å². The van der Waals surface area contributed by atoms with E-state index in [9.17, 15) is 0 Å². The van der Waals surface area contributed by atoms with Gasteiger partial charge in [0.05, 0.1) is 0 Å². The fourth-order valence-corrected chi connectivity index (χ4v) is 3.00. The van der Waals surface area contributed by atoms with E-state index in [0.717, 1.165) is 12.8 Å². The molecule has 0 aromatic heterocycles. The first-order chi connectivity index (χ1) is 10.8. The molecular formula is C21H23FeN+2. The van der Waals surface area contributed by atoms with Crippen LogP contribution in [0.5, 0.6) is 0 Å². The molecule has 2 saturated carbocycles. The van der Waals surface area contributed by atoms with Gasteiger partial charge in [-0.25, -0.2) is 0 Å². The smallest absolute Gasteiger partial charge is 0.307 e. The molecule has 2 aliphatic carbocycles. The number of rotatable bonds is 7. The second kappa shape index (κ2) is 9.87. The van der Waals surface area contributed by atoms with Crippen LogP contribution in [-0.4, -0.2) is 6.04 Å². The topological polar surface area (TPSA) is 12.0 Å². The molecule has 1 nitrogen and oxygen atoms in total. The van der Waals surface area contributed by atoms with Crippen LogP contribution in [0.15, 0.2) is 30.3 Å². The van der Waals surface area contributed by atoms with E-state index in [1.54, 1.807) is 0 Å². The molecule has 2 aliphatic rings. The third-order valence-electron chi connectivity index (χ3n) is 4.29. The van der Waals surface area contributed by atoms with Crippen molar-refractivity contribution < 1.29 is 17.1 Å². The molecule has 0 aliphatic heterocycles. The number of nitrogens with one attached hydrogen (secondary N) is 1. The summed E-state index contributed by atoms with van der Waals surface area (Å²) in [4.78, 5) is 0. The molecule has 0 spiro atoms. The summed E-state index contributed by atoms with van der Waals surface area (Å²) in [5, 5.41) is 3.80. The zero-order valence-corrected chi connectivity index (χ0v) is 14.5. The summed E-state index contributed by atoms with van der Waals surface area (Å²) in [6.07, 6.45) is 19.6. The van der Waals surface area contributed by atoms with Crippen LogP contribution >= 0.6 is 0 Å². The van der Waals surface area contributed by atoms with Gasteiger partial charge in [-0.05, 0) is 82.6 Å². The predicted octanol–water partition coefficient (Wildman–Crippen LogP) is 4.29. The normalized spacial score (nSPS) is 22.0. The Kier molecular flexibility index (Phi) is 8.16. The van der Waals surface area contributed by atoms with E-state index >= 15 is 0 Å². The average Bonchev–Trinajstić information content (AvgIpc) is 3.25. The Labute approximate surface area is 153 Å². The molecule has 1 N–H and O–H groups in total. The zero-order valence-electron chi connectivity index (χ0n) is 13.4. The van der Waals surface area contributed by atoms with E-state index in [2.05, 4.69) is 93.9 Å². The molecule has 23 heavy (non-hydrogen) atoms. The predicted molar refractivity (Wildman–Crippen MR) is 91.9 cm³/mol. The molecular weight excluding hydrogens is 322 g/mol. The molecule has 0 saturated heterocycles. The van der Waals surface area contributed by atoms with Crippen LogP contribution in [0.25, 0.3) is 0 Å². The summed E-state index contributed by atoms with van der Waals surface area (Å²) in [5.74, 6) is 2.81. The Balaban J connectivity index is 0.00000192. The van der Waals surface area contributed by atoms with Gasteiger partial charge >= 0.3 is 17.1 Å². The Hall–Kier alpha value is -0.301. The van der Waals surface area contributed by atoms with Crippen LogP contribution < -0.4 is 5.32 Å². The van der Waals surface area contributed by atoms with E-state index in [1.165, 1.54) is 17.4 Å². The minimum absolute atomic E-state index is 0. The van der Waals surface area contributed by atoms with Crippen LogP contribution in [0.2, 0.25) is 0 Å². The molecule has 0 unspecified atom stereocenters. The molecule has 1 aromatic rings. The maximum atomic E-state index is 3.80. The molecule has 10 radical (unpaired) electrons. The van der Waals surface area contributed by atoms with E-state index in [0.29, 0.717) is 12.1 Å². The number of benzene rings is 1. The molecule has 0 bridgehead atoms. The zero-order chi connectivity index (χ0) is 15.2. The average molecular weight is 345 g/mol. The molecule has 118 valence electrons. The summed E-state index contributed by atoms with van der Waals surface area (Å²) in [6.45, 7) is 2.24. The van der Waals surface area contributed by atoms with Crippen LogP contribution in [0, 0.1) is 63.2 Å². The van der Waals surface area contributed by atoms with E-state index in [1.807, 2.05) is 0 Å². The van der Waals surface area contributed by atoms with Crippen molar-refractivity contribution in [1.29, 1.82) is 0 Å². The second-order valence-corrected chi connectivity index (χ2v) is 5.90. The van der Waals surface area contributed by atoms with Gasteiger partial charge in [0.1, 0.15) is 0 Å². The molecule has 0 heterocycles. The summed E-state index contributed by atoms with van der Waals surface area (Å²) in [5.41, 5.74) is 1.34. The van der Waals surface area contributed by atoms with Crippen molar-refractivity contribution in [3.63, 3.8) is 0 Å². The third-order valence-corrected chi connectivity index (χ3v) is 4.29. The number of hydrogen-bond acceptors (Lipinski definition) is 1. The number of hydrogen-bond donors (Lipinski definition) is 1. The van der Waals surface area contributed by atoms with Gasteiger partial charge in [0, 0.05) is 18.0 Å². The molecule has 1 aromatic carbocycles. The molecule has 3 rings (SSSR count). The van der Waals surface area contributed by atoms with Crippen LogP contribution in [0.3, 0.4) is 0 Å². The van der Waals surface area contributed by atoms with Gasteiger partial charge in [0.2, 0.25) is 0 Å². The maximum Gasteiger partial charge on any atom is 2.00 e. The van der Waals surface area contributed by atoms with Crippen molar-refractivity contribution in [1.82, 2.24) is 5.32 Å². The summed E-state index contributed by atoms with van der Waals surface area (Å²) < 4.78 is 0. The monoisotopic (exact) mass is 345 g/mol. The summed E-state index contributed by atoms with van der Waals surface area (Å²) >= 11 is 0. The Morgan fingerprint density at radius 2 is 1.48 bits per heavy atom. The molecule has 2 fully saturated rings. The van der Waals surface area contributed by atoms with Gasteiger partial charge in [-0.3, -0.25) is 0 Å². The minimum atomic E-state index is 0. The second-order valence-electron chi connectivity index (χ2n) is 5.90. The fourth-order valence-electron chi connectivity index (χ4n) is 3.00. The van der Waals surface area contributed by atoms with Gasteiger partial charge in [-0.15, -0.1) is 0 Å². The van der Waals surface area contributed by atoms with Crippen molar-refractivity contribution in [3.8, 4) is 0 Å². The Bertz CT molecular complexity index is 421. The maximum absolute atomic E-state index is 3.80. The third kappa shape index (κ3) is 5.62. The van der Waals surface area contributed by atoms with Gasteiger partial charge in [0.25, 0.3) is 0 Å². The van der Waals surface area contributed by atoms with Crippen LogP contribution in [0.4, 0.5) is 0 Å². The van der Waals surface area contributed by atoms with Crippen molar-refractivity contribution in [2.45, 2.75) is 31.8 Å². The largest absolute Gasteiger partial charge is 2.00 e. The standard InChI is InChI=1S/C21H23N.Fe/c1-17(19-11-3-2-4-12-19)22-21(20-13-7-8-14-20)16-15-18-9-5-6-10-18;/h2-14,17,21-22H,15-16H2,1H3;/q;+2/t17-,21-;/m0./s1. The van der Waals surface area contributed by atoms with Crippen molar-refractivity contribution in [3.05, 3.63) is 99.1 Å². The van der Waals surface area contributed by atoms with Gasteiger partial charge in [-0.1, -0.05) is 30.3 Å². The van der Waals surface area contributed by atoms with Crippen molar-refractivity contribution >= 4 is 0 Å². The first-order valence-electron chi connectivity index (χ1n) is 8.06. The summed E-state index contributed by atoms with van der Waals surface area (Å²) in [6, 6.07) is 11.4. The van der Waals surface area contributed by atoms with Crippen molar-refractivity contribution in [2.24, 2.45) is 0 Å². The van der Waals surface area contributed by atoms with Gasteiger partial charge in [0.15, 0.2) is 0 Å². The fraction of sp³-hybridized carbons (Fsp3) is 0.238. The SMILES string of the molecule is C[C@H](N[C@@H](CC[C]1[CH][CH][CH][CH]1)[C]1[CH][CH][CH][CH]1)c1ccccc1.[Fe+2]. The molecule has 0 amide bonds. The molecule has 2 heteroatoms. The Morgan fingerprint density at radius 1 is 0.870 bits per heavy atom.